The molecule has 0 atom stereocenters. The predicted octanol–water partition coefficient (Wildman–Crippen LogP) is 4.58. The molecular formula is C24H29N3O. The first-order chi connectivity index (χ1) is 13.7. The van der Waals surface area contributed by atoms with Gasteiger partial charge in [0.25, 0.3) is 5.91 Å². The third-order valence-corrected chi connectivity index (χ3v) is 4.46. The molecule has 2 rings (SSSR count). The van der Waals surface area contributed by atoms with Gasteiger partial charge in [-0.2, -0.15) is 5.26 Å². The van der Waals surface area contributed by atoms with Crippen molar-refractivity contribution in [3.8, 4) is 6.07 Å². The van der Waals surface area contributed by atoms with Gasteiger partial charge < -0.3 is 10.2 Å². The highest BCUT2D eigenvalue weighted by molar-refractivity contribution is 6.01. The standard InChI is InChI=1S/C24H29N3O/c1-3-16-27(17-4-2)23-12-10-21(11-13-23)18-22(19-25)24(28)26-15-14-20-8-6-5-7-9-20/h5-13,18H,3-4,14-17H2,1-2H3,(H,26,28)/b22-18+. The van der Waals surface area contributed by atoms with Crippen LogP contribution in [-0.2, 0) is 11.2 Å². The lowest BCUT2D eigenvalue weighted by Crippen LogP contribution is -2.26. The first kappa shape index (κ1) is 21.2. The number of benzene rings is 2. The Morgan fingerprint density at radius 2 is 1.68 bits per heavy atom. The fraction of sp³-hybridized carbons (Fsp3) is 0.333. The topological polar surface area (TPSA) is 56.1 Å². The molecule has 1 N–H and O–H groups in total. The van der Waals surface area contributed by atoms with E-state index in [1.54, 1.807) is 6.08 Å². The molecule has 146 valence electrons. The monoisotopic (exact) mass is 375 g/mol. The number of anilines is 1. The molecule has 0 fully saturated rings. The van der Waals surface area contributed by atoms with E-state index in [4.69, 9.17) is 0 Å². The highest BCUT2D eigenvalue weighted by Gasteiger charge is 2.09. The van der Waals surface area contributed by atoms with Crippen molar-refractivity contribution in [2.45, 2.75) is 33.1 Å². The van der Waals surface area contributed by atoms with Crippen LogP contribution in [0.3, 0.4) is 0 Å². The van der Waals surface area contributed by atoms with E-state index in [9.17, 15) is 10.1 Å². The summed E-state index contributed by atoms with van der Waals surface area (Å²) >= 11 is 0. The van der Waals surface area contributed by atoms with E-state index in [0.29, 0.717) is 6.54 Å². The number of nitriles is 1. The number of amides is 1. The molecule has 2 aromatic carbocycles. The van der Waals surface area contributed by atoms with Crippen LogP contribution >= 0.6 is 0 Å². The average molecular weight is 376 g/mol. The zero-order valence-corrected chi connectivity index (χ0v) is 16.8. The molecule has 0 spiro atoms. The van der Waals surface area contributed by atoms with Crippen molar-refractivity contribution in [2.75, 3.05) is 24.5 Å². The summed E-state index contributed by atoms with van der Waals surface area (Å²) in [5, 5.41) is 12.2. The lowest BCUT2D eigenvalue weighted by molar-refractivity contribution is -0.117. The number of hydrogen-bond donors (Lipinski definition) is 1. The highest BCUT2D eigenvalue weighted by Crippen LogP contribution is 2.18. The van der Waals surface area contributed by atoms with Gasteiger partial charge in [-0.25, -0.2) is 0 Å². The third-order valence-electron chi connectivity index (χ3n) is 4.46. The second-order valence-electron chi connectivity index (χ2n) is 6.74. The Morgan fingerprint density at radius 1 is 1.04 bits per heavy atom. The molecule has 28 heavy (non-hydrogen) atoms. The summed E-state index contributed by atoms with van der Waals surface area (Å²) in [6, 6.07) is 20.0. The zero-order chi connectivity index (χ0) is 20.2. The van der Waals surface area contributed by atoms with Gasteiger partial charge in [0.15, 0.2) is 0 Å². The fourth-order valence-electron chi connectivity index (χ4n) is 3.07. The normalized spacial score (nSPS) is 11.0. The number of carbonyl (C=O) groups is 1. The van der Waals surface area contributed by atoms with E-state index in [1.807, 2.05) is 48.5 Å². The molecule has 0 radical (unpaired) electrons. The van der Waals surface area contributed by atoms with Crippen molar-refractivity contribution < 1.29 is 4.79 Å². The number of rotatable bonds is 10. The molecule has 0 heterocycles. The van der Waals surface area contributed by atoms with Crippen molar-refractivity contribution in [2.24, 2.45) is 0 Å². The summed E-state index contributed by atoms with van der Waals surface area (Å²) in [5.74, 6) is -0.332. The van der Waals surface area contributed by atoms with Crippen LogP contribution in [0.15, 0.2) is 60.2 Å². The Kier molecular flexibility index (Phi) is 8.81. The molecule has 0 saturated carbocycles. The fourth-order valence-corrected chi connectivity index (χ4v) is 3.07. The number of nitrogens with zero attached hydrogens (tertiary/aromatic N) is 2. The van der Waals surface area contributed by atoms with E-state index >= 15 is 0 Å². The quantitative estimate of drug-likeness (QED) is 0.488. The van der Waals surface area contributed by atoms with Gasteiger partial charge in [-0.3, -0.25) is 4.79 Å². The van der Waals surface area contributed by atoms with Gasteiger partial charge >= 0.3 is 0 Å². The second-order valence-corrected chi connectivity index (χ2v) is 6.74. The van der Waals surface area contributed by atoms with E-state index in [2.05, 4.69) is 36.2 Å². The Balaban J connectivity index is 1.98. The molecular weight excluding hydrogens is 346 g/mol. The number of nitrogens with one attached hydrogen (secondary N) is 1. The molecule has 0 aromatic heterocycles. The summed E-state index contributed by atoms with van der Waals surface area (Å²) in [6.45, 7) is 6.90. The van der Waals surface area contributed by atoms with Crippen LogP contribution < -0.4 is 10.2 Å². The minimum Gasteiger partial charge on any atom is -0.372 e. The Morgan fingerprint density at radius 3 is 2.25 bits per heavy atom. The first-order valence-corrected chi connectivity index (χ1v) is 9.96. The predicted molar refractivity (Wildman–Crippen MR) is 116 cm³/mol. The van der Waals surface area contributed by atoms with E-state index in [0.717, 1.165) is 43.5 Å². The lowest BCUT2D eigenvalue weighted by Gasteiger charge is -2.23. The molecule has 0 aliphatic carbocycles. The van der Waals surface area contributed by atoms with Gasteiger partial charge in [-0.05, 0) is 48.6 Å². The minimum absolute atomic E-state index is 0.125. The van der Waals surface area contributed by atoms with E-state index < -0.39 is 0 Å². The summed E-state index contributed by atoms with van der Waals surface area (Å²) in [6.07, 6.45) is 4.59. The van der Waals surface area contributed by atoms with Crippen molar-refractivity contribution >= 4 is 17.7 Å². The van der Waals surface area contributed by atoms with Crippen molar-refractivity contribution in [3.05, 3.63) is 71.3 Å². The molecule has 4 nitrogen and oxygen atoms in total. The summed E-state index contributed by atoms with van der Waals surface area (Å²) in [5.41, 5.74) is 3.31. The van der Waals surface area contributed by atoms with Crippen LogP contribution in [0, 0.1) is 11.3 Å². The zero-order valence-electron chi connectivity index (χ0n) is 16.8. The maximum Gasteiger partial charge on any atom is 0.261 e. The molecule has 0 aliphatic rings. The van der Waals surface area contributed by atoms with Gasteiger partial charge in [0.1, 0.15) is 11.6 Å². The molecule has 2 aromatic rings. The van der Waals surface area contributed by atoms with E-state index in [-0.39, 0.29) is 11.5 Å². The number of hydrogen-bond acceptors (Lipinski definition) is 3. The summed E-state index contributed by atoms with van der Waals surface area (Å²) < 4.78 is 0. The highest BCUT2D eigenvalue weighted by atomic mass is 16.1. The second kappa shape index (κ2) is 11.6. The van der Waals surface area contributed by atoms with Gasteiger partial charge in [-0.15, -0.1) is 0 Å². The Labute approximate surface area is 168 Å². The smallest absolute Gasteiger partial charge is 0.261 e. The minimum atomic E-state index is -0.332. The van der Waals surface area contributed by atoms with Crippen molar-refractivity contribution in [1.82, 2.24) is 5.32 Å². The van der Waals surface area contributed by atoms with E-state index in [1.165, 1.54) is 5.69 Å². The largest absolute Gasteiger partial charge is 0.372 e. The molecule has 0 unspecified atom stereocenters. The average Bonchev–Trinajstić information content (AvgIpc) is 2.73. The maximum atomic E-state index is 12.3. The Hall–Kier alpha value is -3.06. The Bertz CT molecular complexity index is 798. The molecule has 4 heteroatoms. The van der Waals surface area contributed by atoms with Crippen LogP contribution in [0.1, 0.15) is 37.8 Å². The maximum absolute atomic E-state index is 12.3. The first-order valence-electron chi connectivity index (χ1n) is 9.96. The van der Waals surface area contributed by atoms with Crippen LogP contribution in [0.5, 0.6) is 0 Å². The lowest BCUT2D eigenvalue weighted by atomic mass is 10.1. The molecule has 0 aliphatic heterocycles. The van der Waals surface area contributed by atoms with Crippen LogP contribution in [0.2, 0.25) is 0 Å². The SMILES string of the molecule is CCCN(CCC)c1ccc(/C=C(\C#N)C(=O)NCCc2ccccc2)cc1. The summed E-state index contributed by atoms with van der Waals surface area (Å²) in [4.78, 5) is 14.7. The van der Waals surface area contributed by atoms with Crippen LogP contribution in [0.25, 0.3) is 6.08 Å². The van der Waals surface area contributed by atoms with Gasteiger partial charge in [-0.1, -0.05) is 56.3 Å². The third kappa shape index (κ3) is 6.59. The molecule has 0 bridgehead atoms. The molecule has 1 amide bonds. The molecule has 0 saturated heterocycles. The number of carbonyl (C=O) groups excluding carboxylic acids is 1. The van der Waals surface area contributed by atoms with Crippen LogP contribution in [-0.4, -0.2) is 25.5 Å². The summed E-state index contributed by atoms with van der Waals surface area (Å²) in [7, 11) is 0. The van der Waals surface area contributed by atoms with Gasteiger partial charge in [0.05, 0.1) is 0 Å². The van der Waals surface area contributed by atoms with Crippen molar-refractivity contribution in [1.29, 1.82) is 5.26 Å². The van der Waals surface area contributed by atoms with Gasteiger partial charge in [0, 0.05) is 25.3 Å². The van der Waals surface area contributed by atoms with Gasteiger partial charge in [0.2, 0.25) is 0 Å². The van der Waals surface area contributed by atoms with Crippen molar-refractivity contribution in [3.63, 3.8) is 0 Å². The van der Waals surface area contributed by atoms with Crippen LogP contribution in [0.4, 0.5) is 5.69 Å².